The van der Waals surface area contributed by atoms with Gasteiger partial charge in [-0.05, 0) is 74.0 Å². The van der Waals surface area contributed by atoms with Crippen molar-refractivity contribution in [2.45, 2.75) is 25.1 Å². The first-order valence-electron chi connectivity index (χ1n) is 12.2. The van der Waals surface area contributed by atoms with Gasteiger partial charge in [0.05, 0.1) is 23.5 Å². The van der Waals surface area contributed by atoms with Crippen LogP contribution in [-0.2, 0) is 6.18 Å². The highest BCUT2D eigenvalue weighted by Gasteiger charge is 2.31. The maximum atomic E-state index is 14.8. The van der Waals surface area contributed by atoms with Crippen molar-refractivity contribution in [2.75, 3.05) is 13.1 Å². The van der Waals surface area contributed by atoms with Crippen LogP contribution in [-0.4, -0.2) is 37.8 Å². The summed E-state index contributed by atoms with van der Waals surface area (Å²) in [6, 6.07) is 9.73. The number of hydrogen-bond donors (Lipinski definition) is 1. The molecular weight excluding hydrogens is 567 g/mol. The molecule has 4 aromatic heterocycles. The van der Waals surface area contributed by atoms with Gasteiger partial charge < -0.3 is 5.32 Å². The Morgan fingerprint density at radius 3 is 2.42 bits per heavy atom. The van der Waals surface area contributed by atoms with E-state index in [0.717, 1.165) is 55.3 Å². The predicted molar refractivity (Wildman–Crippen MR) is 150 cm³/mol. The molecule has 1 aliphatic rings. The van der Waals surface area contributed by atoms with Gasteiger partial charge in [-0.3, -0.25) is 9.67 Å². The van der Waals surface area contributed by atoms with Crippen molar-refractivity contribution in [1.29, 1.82) is 0 Å². The molecule has 208 valence electrons. The quantitative estimate of drug-likeness (QED) is 0.225. The lowest BCUT2D eigenvalue weighted by Gasteiger charge is -2.22. The second kappa shape index (κ2) is 11.9. The predicted octanol–water partition coefficient (Wildman–Crippen LogP) is 7.15. The first-order valence-corrected chi connectivity index (χ1v) is 12.2. The smallest absolute Gasteiger partial charge is 0.317 e. The van der Waals surface area contributed by atoms with Gasteiger partial charge in [-0.25, -0.2) is 14.4 Å². The maximum Gasteiger partial charge on any atom is 0.416 e. The molecule has 0 spiro atoms. The highest BCUT2D eigenvalue weighted by Crippen LogP contribution is 2.37. The van der Waals surface area contributed by atoms with E-state index in [1.165, 1.54) is 6.20 Å². The van der Waals surface area contributed by atoms with Crippen LogP contribution in [0.3, 0.4) is 0 Å². The van der Waals surface area contributed by atoms with Crippen LogP contribution in [0.15, 0.2) is 73.4 Å². The van der Waals surface area contributed by atoms with Gasteiger partial charge in [-0.1, -0.05) is 0 Å². The Balaban J connectivity index is 0.00000185. The van der Waals surface area contributed by atoms with Gasteiger partial charge in [0.25, 0.3) is 0 Å². The third kappa shape index (κ3) is 5.79. The minimum atomic E-state index is -4.61. The molecule has 12 heteroatoms. The summed E-state index contributed by atoms with van der Waals surface area (Å²) in [5.41, 5.74) is 2.22. The van der Waals surface area contributed by atoms with Crippen molar-refractivity contribution in [2.24, 2.45) is 0 Å². The van der Waals surface area contributed by atoms with Gasteiger partial charge in [0.15, 0.2) is 5.65 Å². The molecule has 0 radical (unpaired) electrons. The number of rotatable bonds is 4. The molecule has 1 N–H and O–H groups in total. The third-order valence-electron chi connectivity index (χ3n) is 6.82. The molecule has 1 saturated heterocycles. The molecule has 40 heavy (non-hydrogen) atoms. The first-order chi connectivity index (χ1) is 18.4. The Morgan fingerprint density at radius 2 is 1.65 bits per heavy atom. The molecule has 1 aliphatic heterocycles. The summed E-state index contributed by atoms with van der Waals surface area (Å²) in [7, 11) is 0. The van der Waals surface area contributed by atoms with Crippen molar-refractivity contribution < 1.29 is 17.6 Å². The van der Waals surface area contributed by atoms with Crippen molar-refractivity contribution in [1.82, 2.24) is 30.0 Å². The molecule has 0 atom stereocenters. The van der Waals surface area contributed by atoms with Gasteiger partial charge in [-0.2, -0.15) is 18.3 Å². The molecule has 1 fully saturated rings. The molecule has 0 aliphatic carbocycles. The fourth-order valence-corrected chi connectivity index (χ4v) is 4.83. The van der Waals surface area contributed by atoms with E-state index in [0.29, 0.717) is 28.2 Å². The third-order valence-corrected chi connectivity index (χ3v) is 6.82. The summed E-state index contributed by atoms with van der Waals surface area (Å²) >= 11 is 0. The van der Waals surface area contributed by atoms with Crippen LogP contribution in [0.1, 0.15) is 24.4 Å². The summed E-state index contributed by atoms with van der Waals surface area (Å²) in [6.45, 7) is 1.91. The van der Waals surface area contributed by atoms with Crippen LogP contribution in [0.4, 0.5) is 17.6 Å². The van der Waals surface area contributed by atoms with Crippen molar-refractivity contribution in [3.8, 4) is 33.5 Å². The van der Waals surface area contributed by atoms with E-state index in [1.54, 1.807) is 30.7 Å². The second-order valence-electron chi connectivity index (χ2n) is 9.27. The topological polar surface area (TPSA) is 68.5 Å². The summed E-state index contributed by atoms with van der Waals surface area (Å²) < 4.78 is 56.9. The number of pyridine rings is 3. The zero-order valence-corrected chi connectivity index (χ0v) is 22.5. The fourth-order valence-electron chi connectivity index (χ4n) is 4.83. The number of aromatic nitrogens is 5. The maximum absolute atomic E-state index is 14.8. The van der Waals surface area contributed by atoms with Gasteiger partial charge in [0, 0.05) is 52.4 Å². The Labute approximate surface area is 239 Å². The molecule has 6 rings (SSSR count). The zero-order chi connectivity index (χ0) is 26.3. The van der Waals surface area contributed by atoms with Crippen LogP contribution >= 0.6 is 24.8 Å². The Hall–Kier alpha value is -3.60. The Bertz CT molecular complexity index is 1630. The number of piperidine rings is 1. The first kappa shape index (κ1) is 29.4. The van der Waals surface area contributed by atoms with Gasteiger partial charge in [0.2, 0.25) is 0 Å². The highest BCUT2D eigenvalue weighted by molar-refractivity contribution is 5.95. The zero-order valence-electron chi connectivity index (χ0n) is 20.9. The van der Waals surface area contributed by atoms with E-state index in [4.69, 9.17) is 0 Å². The van der Waals surface area contributed by atoms with E-state index >= 15 is 0 Å². The van der Waals surface area contributed by atoms with Crippen molar-refractivity contribution in [3.05, 3.63) is 84.8 Å². The Morgan fingerprint density at radius 1 is 0.875 bits per heavy atom. The molecule has 0 bridgehead atoms. The molecule has 0 unspecified atom stereocenters. The van der Waals surface area contributed by atoms with E-state index in [9.17, 15) is 17.6 Å². The number of nitrogens with zero attached hydrogens (tertiary/aromatic N) is 5. The largest absolute Gasteiger partial charge is 0.416 e. The minimum Gasteiger partial charge on any atom is -0.317 e. The van der Waals surface area contributed by atoms with Crippen molar-refractivity contribution >= 4 is 35.8 Å². The SMILES string of the molecule is Cl.Cl.Fc1ccc(C(F)(F)F)cc1-c1cc(-c2cncc(-c3cnn(C4CCNCC4)c3)c2)c2cccnc2n1. The molecule has 0 amide bonds. The average Bonchev–Trinajstić information content (AvgIpc) is 3.43. The number of fused-ring (bicyclic) bond motifs is 1. The number of halogens is 6. The van der Waals surface area contributed by atoms with Crippen LogP contribution < -0.4 is 5.32 Å². The summed E-state index contributed by atoms with van der Waals surface area (Å²) in [5, 5.41) is 8.59. The minimum absolute atomic E-state index is 0. The molecule has 0 saturated carbocycles. The van der Waals surface area contributed by atoms with Crippen LogP contribution in [0, 0.1) is 5.82 Å². The van der Waals surface area contributed by atoms with Crippen LogP contribution in [0.5, 0.6) is 0 Å². The lowest BCUT2D eigenvalue weighted by Crippen LogP contribution is -2.29. The standard InChI is InChI=1S/C28H22F4N6.2ClH/c29-25-4-3-20(28(30,31)32)11-24(25)26-12-23(22-2-1-7-35-27(22)37-26)18-10-17(13-34-14-18)19-15-36-38(16-19)21-5-8-33-9-6-21;;/h1-4,7,10-16,21,33H,5-6,8-9H2;2*1H. The van der Waals surface area contributed by atoms with E-state index in [-0.39, 0.29) is 36.1 Å². The van der Waals surface area contributed by atoms with Gasteiger partial charge in [0.1, 0.15) is 5.82 Å². The molecule has 1 aromatic carbocycles. The summed E-state index contributed by atoms with van der Waals surface area (Å²) in [4.78, 5) is 13.1. The van der Waals surface area contributed by atoms with Gasteiger partial charge in [-0.15, -0.1) is 24.8 Å². The summed E-state index contributed by atoms with van der Waals surface area (Å²) in [6.07, 6.45) is 6.14. The lowest BCUT2D eigenvalue weighted by molar-refractivity contribution is -0.137. The van der Waals surface area contributed by atoms with E-state index in [1.807, 2.05) is 23.0 Å². The number of benzene rings is 1. The molecule has 5 heterocycles. The second-order valence-corrected chi connectivity index (χ2v) is 9.27. The van der Waals surface area contributed by atoms with Crippen molar-refractivity contribution in [3.63, 3.8) is 0 Å². The average molecular weight is 591 g/mol. The Kier molecular flexibility index (Phi) is 8.72. The molecule has 5 aromatic rings. The van der Waals surface area contributed by atoms with Crippen LogP contribution in [0.25, 0.3) is 44.5 Å². The molecule has 6 nitrogen and oxygen atoms in total. The number of hydrogen-bond acceptors (Lipinski definition) is 5. The lowest BCUT2D eigenvalue weighted by atomic mass is 9.98. The fraction of sp³-hybridized carbons (Fsp3) is 0.214. The van der Waals surface area contributed by atoms with E-state index < -0.39 is 17.6 Å². The van der Waals surface area contributed by atoms with Crippen LogP contribution in [0.2, 0.25) is 0 Å². The number of nitrogens with one attached hydrogen (secondary N) is 1. The highest BCUT2D eigenvalue weighted by atomic mass is 35.5. The summed E-state index contributed by atoms with van der Waals surface area (Å²) in [5.74, 6) is -0.802. The number of alkyl halides is 3. The van der Waals surface area contributed by atoms with Gasteiger partial charge >= 0.3 is 6.18 Å². The normalized spacial score (nSPS) is 14.0. The molecular formula is C28H24Cl2F4N6. The monoisotopic (exact) mass is 590 g/mol. The van der Waals surface area contributed by atoms with E-state index in [2.05, 4.69) is 25.4 Å².